The van der Waals surface area contributed by atoms with Gasteiger partial charge >= 0.3 is 0 Å². The van der Waals surface area contributed by atoms with Crippen molar-refractivity contribution in [1.82, 2.24) is 4.90 Å². The fourth-order valence-corrected chi connectivity index (χ4v) is 2.28. The summed E-state index contributed by atoms with van der Waals surface area (Å²) in [4.78, 5) is 2.34. The second-order valence-electron chi connectivity index (χ2n) is 6.10. The number of hydrogen-bond donors (Lipinski definition) is 1. The highest BCUT2D eigenvalue weighted by molar-refractivity contribution is 5.29. The average molecular weight is 248 g/mol. The molecule has 102 valence electrons. The molecule has 0 heterocycles. The minimum Gasteiger partial charge on any atom is -0.329 e. The molecule has 0 aromatic heterocycles. The first kappa shape index (κ1) is 15.2. The summed E-state index contributed by atoms with van der Waals surface area (Å²) in [6, 6.07) is 9.25. The standard InChI is InChI=1S/C16H28N2/c1-6-11-18(5)15(12-17)13-7-9-14(10-8-13)16(2,3)4/h7-10,15H,6,11-12,17H2,1-5H3. The summed E-state index contributed by atoms with van der Waals surface area (Å²) in [6.07, 6.45) is 1.16. The lowest BCUT2D eigenvalue weighted by atomic mass is 9.86. The van der Waals surface area contributed by atoms with Crippen LogP contribution in [-0.4, -0.2) is 25.0 Å². The highest BCUT2D eigenvalue weighted by atomic mass is 15.1. The summed E-state index contributed by atoms with van der Waals surface area (Å²) in [5.41, 5.74) is 8.83. The van der Waals surface area contributed by atoms with Crippen molar-refractivity contribution in [2.45, 2.75) is 45.6 Å². The number of hydrogen-bond acceptors (Lipinski definition) is 2. The highest BCUT2D eigenvalue weighted by Crippen LogP contribution is 2.25. The van der Waals surface area contributed by atoms with Crippen LogP contribution in [0.25, 0.3) is 0 Å². The zero-order chi connectivity index (χ0) is 13.8. The van der Waals surface area contributed by atoms with Crippen LogP contribution in [0.1, 0.15) is 51.3 Å². The molecule has 0 radical (unpaired) electrons. The lowest BCUT2D eigenvalue weighted by Crippen LogP contribution is -2.31. The summed E-state index contributed by atoms with van der Waals surface area (Å²) in [5, 5.41) is 0. The van der Waals surface area contributed by atoms with Gasteiger partial charge in [0.05, 0.1) is 0 Å². The van der Waals surface area contributed by atoms with Gasteiger partial charge in [-0.25, -0.2) is 0 Å². The third-order valence-corrected chi connectivity index (χ3v) is 3.49. The second kappa shape index (κ2) is 6.35. The van der Waals surface area contributed by atoms with Crippen molar-refractivity contribution in [3.8, 4) is 0 Å². The molecular weight excluding hydrogens is 220 g/mol. The molecule has 0 aliphatic rings. The predicted molar refractivity (Wildman–Crippen MR) is 79.9 cm³/mol. The maximum Gasteiger partial charge on any atom is 0.0467 e. The smallest absolute Gasteiger partial charge is 0.0467 e. The van der Waals surface area contributed by atoms with E-state index in [-0.39, 0.29) is 5.41 Å². The molecule has 0 aliphatic carbocycles. The van der Waals surface area contributed by atoms with Crippen molar-refractivity contribution in [1.29, 1.82) is 0 Å². The Morgan fingerprint density at radius 3 is 2.11 bits per heavy atom. The summed E-state index contributed by atoms with van der Waals surface area (Å²) in [5.74, 6) is 0. The van der Waals surface area contributed by atoms with Crippen molar-refractivity contribution < 1.29 is 0 Å². The van der Waals surface area contributed by atoms with Gasteiger partial charge in [0, 0.05) is 12.6 Å². The Morgan fingerprint density at radius 2 is 1.72 bits per heavy atom. The highest BCUT2D eigenvalue weighted by Gasteiger charge is 2.17. The lowest BCUT2D eigenvalue weighted by Gasteiger charge is -2.28. The SMILES string of the molecule is CCCN(C)C(CN)c1ccc(C(C)(C)C)cc1. The van der Waals surface area contributed by atoms with Crippen LogP contribution >= 0.6 is 0 Å². The zero-order valence-corrected chi connectivity index (χ0v) is 12.5. The van der Waals surface area contributed by atoms with E-state index in [0.29, 0.717) is 12.6 Å². The van der Waals surface area contributed by atoms with Gasteiger partial charge < -0.3 is 5.73 Å². The summed E-state index contributed by atoms with van der Waals surface area (Å²) in [7, 11) is 2.15. The predicted octanol–water partition coefficient (Wildman–Crippen LogP) is 3.33. The first-order valence-corrected chi connectivity index (χ1v) is 6.91. The molecule has 0 saturated carbocycles. The Bertz CT molecular complexity index is 348. The van der Waals surface area contributed by atoms with E-state index >= 15 is 0 Å². The summed E-state index contributed by atoms with van der Waals surface area (Å²) >= 11 is 0. The molecule has 0 amide bonds. The van der Waals surface area contributed by atoms with E-state index in [1.165, 1.54) is 11.1 Å². The Hall–Kier alpha value is -0.860. The third-order valence-electron chi connectivity index (χ3n) is 3.49. The zero-order valence-electron chi connectivity index (χ0n) is 12.5. The molecule has 2 heteroatoms. The van der Waals surface area contributed by atoms with Crippen molar-refractivity contribution in [2.24, 2.45) is 5.73 Å². The molecule has 1 unspecified atom stereocenters. The average Bonchev–Trinajstić information content (AvgIpc) is 2.30. The Labute approximate surface area is 112 Å². The fraction of sp³-hybridized carbons (Fsp3) is 0.625. The van der Waals surface area contributed by atoms with Gasteiger partial charge in [0.25, 0.3) is 0 Å². The quantitative estimate of drug-likeness (QED) is 0.866. The fourth-order valence-electron chi connectivity index (χ4n) is 2.28. The van der Waals surface area contributed by atoms with Crippen molar-refractivity contribution in [3.63, 3.8) is 0 Å². The largest absolute Gasteiger partial charge is 0.329 e. The number of nitrogens with zero attached hydrogens (tertiary/aromatic N) is 1. The molecule has 0 aliphatic heterocycles. The van der Waals surface area contributed by atoms with Crippen LogP contribution in [0.2, 0.25) is 0 Å². The van der Waals surface area contributed by atoms with Crippen LogP contribution in [-0.2, 0) is 5.41 Å². The van der Waals surface area contributed by atoms with E-state index in [9.17, 15) is 0 Å². The molecule has 1 atom stereocenters. The Kier molecular flexibility index (Phi) is 5.36. The Balaban J connectivity index is 2.88. The van der Waals surface area contributed by atoms with Crippen molar-refractivity contribution >= 4 is 0 Å². The van der Waals surface area contributed by atoms with Crippen LogP contribution in [0.5, 0.6) is 0 Å². The topological polar surface area (TPSA) is 29.3 Å². The molecular formula is C16H28N2. The lowest BCUT2D eigenvalue weighted by molar-refractivity contribution is 0.250. The maximum atomic E-state index is 5.92. The van der Waals surface area contributed by atoms with E-state index in [4.69, 9.17) is 5.73 Å². The molecule has 1 aromatic carbocycles. The van der Waals surface area contributed by atoms with Crippen LogP contribution < -0.4 is 5.73 Å². The monoisotopic (exact) mass is 248 g/mol. The van der Waals surface area contributed by atoms with Crippen LogP contribution in [0.4, 0.5) is 0 Å². The summed E-state index contributed by atoms with van der Waals surface area (Å²) in [6.45, 7) is 10.7. The Morgan fingerprint density at radius 1 is 1.17 bits per heavy atom. The molecule has 1 rings (SSSR count). The molecule has 0 saturated heterocycles. The molecule has 18 heavy (non-hydrogen) atoms. The molecule has 1 aromatic rings. The van der Waals surface area contributed by atoms with Crippen LogP contribution in [0.3, 0.4) is 0 Å². The van der Waals surface area contributed by atoms with E-state index in [1.807, 2.05) is 0 Å². The van der Waals surface area contributed by atoms with Gasteiger partial charge in [-0.05, 0) is 36.6 Å². The van der Waals surface area contributed by atoms with E-state index < -0.39 is 0 Å². The van der Waals surface area contributed by atoms with Crippen molar-refractivity contribution in [2.75, 3.05) is 20.1 Å². The number of benzene rings is 1. The minimum atomic E-state index is 0.214. The molecule has 0 bridgehead atoms. The normalized spacial score (nSPS) is 13.9. The number of nitrogens with two attached hydrogens (primary N) is 1. The summed E-state index contributed by atoms with van der Waals surface area (Å²) < 4.78 is 0. The van der Waals surface area contributed by atoms with Gasteiger partial charge in [-0.1, -0.05) is 52.0 Å². The van der Waals surface area contributed by atoms with E-state index in [1.54, 1.807) is 0 Å². The van der Waals surface area contributed by atoms with Gasteiger partial charge in [0.15, 0.2) is 0 Å². The maximum absolute atomic E-state index is 5.92. The molecule has 2 N–H and O–H groups in total. The molecule has 2 nitrogen and oxygen atoms in total. The van der Waals surface area contributed by atoms with Gasteiger partial charge in [0.2, 0.25) is 0 Å². The molecule has 0 fully saturated rings. The first-order valence-electron chi connectivity index (χ1n) is 6.91. The second-order valence-corrected chi connectivity index (χ2v) is 6.10. The van der Waals surface area contributed by atoms with Gasteiger partial charge in [0.1, 0.15) is 0 Å². The van der Waals surface area contributed by atoms with E-state index in [2.05, 4.69) is 63.9 Å². The van der Waals surface area contributed by atoms with Gasteiger partial charge in [-0.3, -0.25) is 4.90 Å². The molecule has 0 spiro atoms. The third kappa shape index (κ3) is 3.82. The van der Waals surface area contributed by atoms with Crippen molar-refractivity contribution in [3.05, 3.63) is 35.4 Å². The minimum absolute atomic E-state index is 0.214. The first-order chi connectivity index (χ1) is 8.40. The van der Waals surface area contributed by atoms with Gasteiger partial charge in [-0.15, -0.1) is 0 Å². The van der Waals surface area contributed by atoms with E-state index in [0.717, 1.165) is 13.0 Å². The van der Waals surface area contributed by atoms with Crippen LogP contribution in [0, 0.1) is 0 Å². The number of rotatable bonds is 5. The van der Waals surface area contributed by atoms with Crippen LogP contribution in [0.15, 0.2) is 24.3 Å². The van der Waals surface area contributed by atoms with Gasteiger partial charge in [-0.2, -0.15) is 0 Å². The number of likely N-dealkylation sites (N-methyl/N-ethyl adjacent to an activating group) is 1.